The smallest absolute Gasteiger partial charge is 0.309 e. The highest BCUT2D eigenvalue weighted by atomic mass is 32.1. The molecule has 2 atom stereocenters. The first-order chi connectivity index (χ1) is 13.1. The maximum Gasteiger partial charge on any atom is 0.309 e. The molecule has 2 unspecified atom stereocenters. The van der Waals surface area contributed by atoms with Gasteiger partial charge < -0.3 is 9.47 Å². The quantitative estimate of drug-likeness (QED) is 0.574. The van der Waals surface area contributed by atoms with Crippen LogP contribution in [0.15, 0.2) is 53.9 Å². The van der Waals surface area contributed by atoms with Gasteiger partial charge in [-0.2, -0.15) is 0 Å². The molecule has 27 heavy (non-hydrogen) atoms. The van der Waals surface area contributed by atoms with Crippen molar-refractivity contribution in [3.8, 4) is 16.3 Å². The Morgan fingerprint density at radius 2 is 2.07 bits per heavy atom. The molecule has 6 heteroatoms. The summed E-state index contributed by atoms with van der Waals surface area (Å²) >= 11 is 1.50. The first-order valence-electron chi connectivity index (χ1n) is 8.65. The fourth-order valence-electron chi connectivity index (χ4n) is 3.05. The van der Waals surface area contributed by atoms with Gasteiger partial charge >= 0.3 is 5.97 Å². The third-order valence-electron chi connectivity index (χ3n) is 4.62. The van der Waals surface area contributed by atoms with Gasteiger partial charge in [0.25, 0.3) is 0 Å². The number of hydrogen-bond donors (Lipinski definition) is 0. The Balaban J connectivity index is 1.34. The van der Waals surface area contributed by atoms with Gasteiger partial charge in [0.2, 0.25) is 0 Å². The third kappa shape index (κ3) is 4.01. The standard InChI is InChI=1S/C21H18FNO3S/c1-25-17-4-2-3-14(9-17)20-23-16(12-27-20)11-26-21(24)19-10-18(19)13-5-7-15(22)8-6-13/h2-9,12,18-19H,10-11H2,1H3. The number of halogens is 1. The van der Waals surface area contributed by atoms with Crippen molar-refractivity contribution in [3.63, 3.8) is 0 Å². The predicted octanol–water partition coefficient (Wildman–Crippen LogP) is 4.80. The first kappa shape index (κ1) is 17.7. The number of benzene rings is 2. The zero-order valence-corrected chi connectivity index (χ0v) is 15.5. The summed E-state index contributed by atoms with van der Waals surface area (Å²) in [5.74, 6) is 0.262. The Kier molecular flexibility index (Phi) is 4.90. The Bertz CT molecular complexity index is 954. The molecular formula is C21H18FNO3S. The van der Waals surface area contributed by atoms with E-state index in [0.717, 1.165) is 34.0 Å². The van der Waals surface area contributed by atoms with E-state index in [9.17, 15) is 9.18 Å². The summed E-state index contributed by atoms with van der Waals surface area (Å²) in [6.45, 7) is 0.159. The van der Waals surface area contributed by atoms with Crippen molar-refractivity contribution in [2.45, 2.75) is 18.9 Å². The first-order valence-corrected chi connectivity index (χ1v) is 9.53. The number of carbonyl (C=O) groups is 1. The van der Waals surface area contributed by atoms with Crippen molar-refractivity contribution in [3.05, 3.63) is 71.0 Å². The van der Waals surface area contributed by atoms with E-state index in [0.29, 0.717) is 0 Å². The van der Waals surface area contributed by atoms with Gasteiger partial charge in [0.1, 0.15) is 23.2 Å². The van der Waals surface area contributed by atoms with E-state index in [-0.39, 0.29) is 30.2 Å². The molecule has 4 nitrogen and oxygen atoms in total. The van der Waals surface area contributed by atoms with Crippen LogP contribution < -0.4 is 4.74 Å². The van der Waals surface area contributed by atoms with Crippen LogP contribution in [0.1, 0.15) is 23.6 Å². The Morgan fingerprint density at radius 3 is 2.85 bits per heavy atom. The number of methoxy groups -OCH3 is 1. The van der Waals surface area contributed by atoms with Gasteiger partial charge in [-0.3, -0.25) is 4.79 Å². The Hall–Kier alpha value is -2.73. The van der Waals surface area contributed by atoms with Gasteiger partial charge in [-0.05, 0) is 42.2 Å². The molecule has 0 N–H and O–H groups in total. The van der Waals surface area contributed by atoms with Crippen LogP contribution >= 0.6 is 11.3 Å². The molecule has 3 aromatic rings. The molecule has 1 aliphatic carbocycles. The molecule has 0 aliphatic heterocycles. The number of hydrogen-bond acceptors (Lipinski definition) is 5. The minimum Gasteiger partial charge on any atom is -0.497 e. The molecule has 0 bridgehead atoms. The molecule has 0 spiro atoms. The minimum absolute atomic E-state index is 0.126. The third-order valence-corrected chi connectivity index (χ3v) is 5.56. The molecule has 138 valence electrons. The molecule has 1 saturated carbocycles. The second kappa shape index (κ2) is 7.48. The minimum atomic E-state index is -0.270. The second-order valence-corrected chi connectivity index (χ2v) is 7.34. The second-order valence-electron chi connectivity index (χ2n) is 6.48. The van der Waals surface area contributed by atoms with E-state index in [2.05, 4.69) is 4.98 Å². The summed E-state index contributed by atoms with van der Waals surface area (Å²) < 4.78 is 23.7. The lowest BCUT2D eigenvalue weighted by Gasteiger charge is -2.03. The van der Waals surface area contributed by atoms with Gasteiger partial charge in [-0.1, -0.05) is 24.3 Å². The number of thiazole rings is 1. The molecule has 0 radical (unpaired) electrons. The van der Waals surface area contributed by atoms with Crippen molar-refractivity contribution in [2.75, 3.05) is 7.11 Å². The van der Waals surface area contributed by atoms with Crippen molar-refractivity contribution < 1.29 is 18.7 Å². The van der Waals surface area contributed by atoms with Crippen LogP contribution in [0.3, 0.4) is 0 Å². The van der Waals surface area contributed by atoms with E-state index in [1.807, 2.05) is 29.6 Å². The topological polar surface area (TPSA) is 48.4 Å². The van der Waals surface area contributed by atoms with Crippen molar-refractivity contribution in [2.24, 2.45) is 5.92 Å². The molecular weight excluding hydrogens is 365 g/mol. The molecule has 2 aromatic carbocycles. The highest BCUT2D eigenvalue weighted by molar-refractivity contribution is 7.13. The summed E-state index contributed by atoms with van der Waals surface area (Å²) in [5.41, 5.74) is 2.67. The lowest BCUT2D eigenvalue weighted by atomic mass is 10.1. The molecule has 1 aliphatic rings. The van der Waals surface area contributed by atoms with E-state index in [4.69, 9.17) is 9.47 Å². The number of ether oxygens (including phenoxy) is 2. The number of aromatic nitrogens is 1. The van der Waals surface area contributed by atoms with Crippen LogP contribution in [0.25, 0.3) is 10.6 Å². The van der Waals surface area contributed by atoms with Crippen molar-refractivity contribution in [1.82, 2.24) is 4.98 Å². The molecule has 1 heterocycles. The molecule has 1 aromatic heterocycles. The maximum atomic E-state index is 13.0. The van der Waals surface area contributed by atoms with Crippen LogP contribution in [0.5, 0.6) is 5.75 Å². The van der Waals surface area contributed by atoms with Crippen molar-refractivity contribution in [1.29, 1.82) is 0 Å². The van der Waals surface area contributed by atoms with Gasteiger partial charge in [0.15, 0.2) is 0 Å². The molecule has 0 saturated heterocycles. The van der Waals surface area contributed by atoms with Crippen LogP contribution in [-0.4, -0.2) is 18.1 Å². The van der Waals surface area contributed by atoms with Crippen molar-refractivity contribution >= 4 is 17.3 Å². The maximum absolute atomic E-state index is 13.0. The van der Waals surface area contributed by atoms with E-state index in [1.165, 1.54) is 23.5 Å². The summed E-state index contributed by atoms with van der Waals surface area (Å²) in [4.78, 5) is 16.8. The normalized spacial score (nSPS) is 18.1. The molecule has 1 fully saturated rings. The zero-order valence-electron chi connectivity index (χ0n) is 14.7. The number of carbonyl (C=O) groups excluding carboxylic acids is 1. The fraction of sp³-hybridized carbons (Fsp3) is 0.238. The zero-order chi connectivity index (χ0) is 18.8. The van der Waals surface area contributed by atoms with Gasteiger partial charge in [-0.25, -0.2) is 9.37 Å². The lowest BCUT2D eigenvalue weighted by molar-refractivity contribution is -0.146. The molecule has 0 amide bonds. The van der Waals surface area contributed by atoms with Crippen LogP contribution in [-0.2, 0) is 16.1 Å². The van der Waals surface area contributed by atoms with Crippen LogP contribution in [0, 0.1) is 11.7 Å². The van der Waals surface area contributed by atoms with Crippen LogP contribution in [0.4, 0.5) is 4.39 Å². The highest BCUT2D eigenvalue weighted by Gasteiger charge is 2.45. The predicted molar refractivity (Wildman–Crippen MR) is 101 cm³/mol. The highest BCUT2D eigenvalue weighted by Crippen LogP contribution is 2.48. The Labute approximate surface area is 160 Å². The Morgan fingerprint density at radius 1 is 1.26 bits per heavy atom. The summed E-state index contributed by atoms with van der Waals surface area (Å²) in [7, 11) is 1.63. The summed E-state index contributed by atoms with van der Waals surface area (Å²) in [6.07, 6.45) is 0.747. The summed E-state index contributed by atoms with van der Waals surface area (Å²) in [6, 6.07) is 14.0. The fourth-order valence-corrected chi connectivity index (χ4v) is 3.85. The van der Waals surface area contributed by atoms with Crippen LogP contribution in [0.2, 0.25) is 0 Å². The number of rotatable bonds is 6. The average molecular weight is 383 g/mol. The van der Waals surface area contributed by atoms with Gasteiger partial charge in [0.05, 0.1) is 18.7 Å². The molecule has 4 rings (SSSR count). The summed E-state index contributed by atoms with van der Waals surface area (Å²) in [5, 5.41) is 2.75. The SMILES string of the molecule is COc1cccc(-c2nc(COC(=O)C3CC3c3ccc(F)cc3)cs2)c1. The van der Waals surface area contributed by atoms with E-state index >= 15 is 0 Å². The van der Waals surface area contributed by atoms with Gasteiger partial charge in [-0.15, -0.1) is 11.3 Å². The number of esters is 1. The largest absolute Gasteiger partial charge is 0.497 e. The average Bonchev–Trinajstić information content (AvgIpc) is 3.36. The monoisotopic (exact) mass is 383 g/mol. The van der Waals surface area contributed by atoms with E-state index < -0.39 is 0 Å². The number of nitrogens with zero attached hydrogens (tertiary/aromatic N) is 1. The van der Waals surface area contributed by atoms with Gasteiger partial charge in [0, 0.05) is 10.9 Å². The lowest BCUT2D eigenvalue weighted by Crippen LogP contribution is -2.08. The van der Waals surface area contributed by atoms with E-state index in [1.54, 1.807) is 19.2 Å².